The second-order valence-electron chi connectivity index (χ2n) is 7.36. The average molecular weight is 518 g/mol. The molecular formula is C24H21Cl2N3O4S. The van der Waals surface area contributed by atoms with Gasteiger partial charge in [-0.05, 0) is 55.2 Å². The molecule has 0 aromatic heterocycles. The zero-order valence-corrected chi connectivity index (χ0v) is 20.7. The molecule has 2 aliphatic rings. The number of hydrogen-bond acceptors (Lipinski definition) is 7. The number of rotatable bonds is 7. The Hall–Kier alpha value is -2.94. The van der Waals surface area contributed by atoms with Gasteiger partial charge in [-0.1, -0.05) is 47.1 Å². The topological polar surface area (TPSA) is 80.2 Å². The summed E-state index contributed by atoms with van der Waals surface area (Å²) < 4.78 is 10.9. The van der Waals surface area contributed by atoms with Crippen LogP contribution in [0.25, 0.3) is 0 Å². The van der Waals surface area contributed by atoms with Crippen LogP contribution in [0.1, 0.15) is 25.5 Å². The van der Waals surface area contributed by atoms with Crippen LogP contribution in [0.4, 0.5) is 5.69 Å². The summed E-state index contributed by atoms with van der Waals surface area (Å²) in [5.74, 6) is -0.240. The Balaban J connectivity index is 1.46. The third kappa shape index (κ3) is 5.24. The Bertz CT molecular complexity index is 1210. The van der Waals surface area contributed by atoms with E-state index in [1.54, 1.807) is 37.3 Å². The number of thioether (sulfide) groups is 1. The van der Waals surface area contributed by atoms with Crippen molar-refractivity contribution in [3.05, 3.63) is 81.0 Å². The fourth-order valence-electron chi connectivity index (χ4n) is 3.57. The molecule has 2 aromatic rings. The normalized spacial score (nSPS) is 16.8. The maximum Gasteiger partial charge on any atom is 0.338 e. The number of halogens is 2. The van der Waals surface area contributed by atoms with E-state index >= 15 is 0 Å². The highest BCUT2D eigenvalue weighted by molar-refractivity contribution is 8.16. The third-order valence-corrected chi connectivity index (χ3v) is 6.41. The maximum atomic E-state index is 12.7. The molecule has 0 aliphatic carbocycles. The Labute approximate surface area is 211 Å². The van der Waals surface area contributed by atoms with Crippen LogP contribution in [0.5, 0.6) is 5.75 Å². The number of nitrogens with zero attached hydrogens (tertiary/aromatic N) is 2. The van der Waals surface area contributed by atoms with Gasteiger partial charge >= 0.3 is 5.97 Å². The summed E-state index contributed by atoms with van der Waals surface area (Å²) in [4.78, 5) is 31.5. The summed E-state index contributed by atoms with van der Waals surface area (Å²) in [6.45, 7) is 3.66. The lowest BCUT2D eigenvalue weighted by molar-refractivity contribution is -0.139. The second kappa shape index (κ2) is 10.5. The molecule has 1 atom stereocenters. The molecular weight excluding hydrogens is 497 g/mol. The Morgan fingerprint density at radius 3 is 2.65 bits per heavy atom. The molecule has 1 amide bonds. The van der Waals surface area contributed by atoms with Crippen LogP contribution in [0.15, 0.2) is 70.3 Å². The number of carbonyl (C=O) groups excluding carboxylic acids is 2. The van der Waals surface area contributed by atoms with Gasteiger partial charge in [-0.2, -0.15) is 0 Å². The van der Waals surface area contributed by atoms with E-state index in [2.05, 4.69) is 10.3 Å². The molecule has 0 saturated heterocycles. The first-order valence-corrected chi connectivity index (χ1v) is 12.1. The van der Waals surface area contributed by atoms with Gasteiger partial charge in [0.05, 0.1) is 34.6 Å². The van der Waals surface area contributed by atoms with Crippen LogP contribution in [0.3, 0.4) is 0 Å². The Morgan fingerprint density at radius 1 is 1.18 bits per heavy atom. The van der Waals surface area contributed by atoms with Gasteiger partial charge in [-0.25, -0.2) is 9.79 Å². The zero-order valence-electron chi connectivity index (χ0n) is 18.4. The highest BCUT2D eigenvalue weighted by Gasteiger charge is 2.37. The highest BCUT2D eigenvalue weighted by atomic mass is 35.5. The number of amidine groups is 1. The van der Waals surface area contributed by atoms with E-state index in [1.807, 2.05) is 35.6 Å². The van der Waals surface area contributed by atoms with Gasteiger partial charge in [-0.15, -0.1) is 0 Å². The van der Waals surface area contributed by atoms with Crippen molar-refractivity contribution in [1.29, 1.82) is 0 Å². The van der Waals surface area contributed by atoms with Crippen molar-refractivity contribution >= 4 is 57.7 Å². The first-order valence-electron chi connectivity index (χ1n) is 10.4. The molecule has 0 bridgehead atoms. The third-order valence-electron chi connectivity index (χ3n) is 5.09. The van der Waals surface area contributed by atoms with Crippen LogP contribution < -0.4 is 10.1 Å². The fraction of sp³-hybridized carbons (Fsp3) is 0.208. The minimum atomic E-state index is -0.393. The zero-order chi connectivity index (χ0) is 24.2. The first kappa shape index (κ1) is 24.2. The molecule has 0 unspecified atom stereocenters. The molecule has 2 heterocycles. The van der Waals surface area contributed by atoms with Crippen molar-refractivity contribution in [3.63, 3.8) is 0 Å². The number of fused-ring (bicyclic) bond motifs is 1. The van der Waals surface area contributed by atoms with Gasteiger partial charge in [0.25, 0.3) is 5.91 Å². The number of anilines is 1. The van der Waals surface area contributed by atoms with Gasteiger partial charge in [0.15, 0.2) is 11.8 Å². The van der Waals surface area contributed by atoms with Crippen molar-refractivity contribution in [2.45, 2.75) is 19.9 Å². The fourth-order valence-corrected chi connectivity index (χ4v) is 4.82. The molecule has 10 heteroatoms. The highest BCUT2D eigenvalue weighted by Crippen LogP contribution is 2.41. The first-order chi connectivity index (χ1) is 16.4. The lowest BCUT2D eigenvalue weighted by atomic mass is 9.95. The monoisotopic (exact) mass is 517 g/mol. The minimum absolute atomic E-state index is 0.197. The predicted octanol–water partition coefficient (Wildman–Crippen LogP) is 5.78. The lowest BCUT2D eigenvalue weighted by Crippen LogP contribution is -2.34. The van der Waals surface area contributed by atoms with Crippen LogP contribution in [-0.2, 0) is 14.3 Å². The molecule has 0 radical (unpaired) electrons. The summed E-state index contributed by atoms with van der Waals surface area (Å²) in [6.07, 6.45) is 1.90. The molecule has 176 valence electrons. The molecule has 0 fully saturated rings. The number of carbonyl (C=O) groups is 2. The smallest absolute Gasteiger partial charge is 0.338 e. The molecule has 2 aromatic carbocycles. The summed E-state index contributed by atoms with van der Waals surface area (Å²) in [7, 11) is 0. The number of allylic oxidation sites excluding steroid dienone is 1. The van der Waals surface area contributed by atoms with Crippen LogP contribution >= 0.6 is 35.0 Å². The number of amides is 1. The van der Waals surface area contributed by atoms with E-state index in [0.29, 0.717) is 32.8 Å². The molecule has 0 saturated carbocycles. The quantitative estimate of drug-likeness (QED) is 0.469. The van der Waals surface area contributed by atoms with E-state index in [4.69, 9.17) is 32.7 Å². The number of benzene rings is 2. The summed E-state index contributed by atoms with van der Waals surface area (Å²) >= 11 is 13.5. The number of hydrogen-bond donors (Lipinski definition) is 1. The van der Waals surface area contributed by atoms with E-state index in [1.165, 1.54) is 11.8 Å². The van der Waals surface area contributed by atoms with Gasteiger partial charge in [-0.3, -0.25) is 4.79 Å². The summed E-state index contributed by atoms with van der Waals surface area (Å²) in [5, 5.41) is 6.24. The Morgan fingerprint density at radius 2 is 1.94 bits per heavy atom. The molecule has 34 heavy (non-hydrogen) atoms. The SMILES string of the molecule is CCOC(=O)C1=C(C)N=C2SC=CN2[C@H]1c1ccc(OCC(=O)Nc2ccc(Cl)cc2Cl)cc1. The van der Waals surface area contributed by atoms with Crippen molar-refractivity contribution in [1.82, 2.24) is 4.90 Å². The van der Waals surface area contributed by atoms with Gasteiger partial charge in [0.2, 0.25) is 0 Å². The minimum Gasteiger partial charge on any atom is -0.484 e. The number of nitrogens with one attached hydrogen (secondary N) is 1. The summed E-state index contributed by atoms with van der Waals surface area (Å²) in [6, 6.07) is 11.7. The molecule has 4 rings (SSSR count). The van der Waals surface area contributed by atoms with Crippen molar-refractivity contribution in [3.8, 4) is 5.75 Å². The standard InChI is InChI=1S/C24H21Cl2N3O4S/c1-3-32-23(31)21-14(2)27-24-29(10-11-34-24)22(21)15-4-7-17(8-5-15)33-13-20(30)28-19-9-6-16(25)12-18(19)26/h4-12,22H,3,13H2,1-2H3,(H,28,30)/t22-/m0/s1. The van der Waals surface area contributed by atoms with Crippen LogP contribution in [0.2, 0.25) is 10.0 Å². The molecule has 1 N–H and O–H groups in total. The van der Waals surface area contributed by atoms with Crippen molar-refractivity contribution in [2.24, 2.45) is 4.99 Å². The van der Waals surface area contributed by atoms with Crippen LogP contribution in [0, 0.1) is 0 Å². The maximum absolute atomic E-state index is 12.7. The number of esters is 1. The van der Waals surface area contributed by atoms with Gasteiger partial charge < -0.3 is 19.7 Å². The largest absolute Gasteiger partial charge is 0.484 e. The molecule has 0 spiro atoms. The predicted molar refractivity (Wildman–Crippen MR) is 135 cm³/mol. The number of aliphatic imine (C=N–C) groups is 1. The molecule has 2 aliphatic heterocycles. The Kier molecular flexibility index (Phi) is 7.50. The molecule has 7 nitrogen and oxygen atoms in total. The lowest BCUT2D eigenvalue weighted by Gasteiger charge is -2.33. The summed E-state index contributed by atoms with van der Waals surface area (Å²) in [5.41, 5.74) is 2.44. The van der Waals surface area contributed by atoms with E-state index in [-0.39, 0.29) is 25.2 Å². The van der Waals surface area contributed by atoms with Gasteiger partial charge in [0, 0.05) is 11.2 Å². The van der Waals surface area contributed by atoms with E-state index in [0.717, 1.165) is 10.7 Å². The number of ether oxygens (including phenoxy) is 2. The second-order valence-corrected chi connectivity index (χ2v) is 9.07. The van der Waals surface area contributed by atoms with Crippen molar-refractivity contribution < 1.29 is 19.1 Å². The average Bonchev–Trinajstić information content (AvgIpc) is 3.27. The van der Waals surface area contributed by atoms with Crippen molar-refractivity contribution in [2.75, 3.05) is 18.5 Å². The van der Waals surface area contributed by atoms with Gasteiger partial charge in [0.1, 0.15) is 5.75 Å². The van der Waals surface area contributed by atoms with E-state index in [9.17, 15) is 9.59 Å². The van der Waals surface area contributed by atoms with Crippen LogP contribution in [-0.4, -0.2) is 35.2 Å². The van der Waals surface area contributed by atoms with E-state index < -0.39 is 5.97 Å².